The lowest BCUT2D eigenvalue weighted by Crippen LogP contribution is -2.20. The van der Waals surface area contributed by atoms with Crippen molar-refractivity contribution in [1.82, 2.24) is 0 Å². The van der Waals surface area contributed by atoms with Gasteiger partial charge < -0.3 is 10.6 Å². The third-order valence-electron chi connectivity index (χ3n) is 2.73. The molecule has 0 radical (unpaired) electrons. The van der Waals surface area contributed by atoms with Crippen molar-refractivity contribution in [2.45, 2.75) is 6.92 Å². The molecule has 4 nitrogen and oxygen atoms in total. The zero-order chi connectivity index (χ0) is 15.4. The maximum Gasteiger partial charge on any atom is 0.323 e. The van der Waals surface area contributed by atoms with E-state index < -0.39 is 0 Å². The lowest BCUT2D eigenvalue weighted by atomic mass is 10.1. The standard InChI is InChI=1S/C15H12ClIN2O2/c1-9(20)10-2-5-12(6-3-10)18-15(21)19-14-7-4-11(16)8-13(14)17/h2-8H,1H3,(H2,18,19,21). The molecule has 0 aliphatic rings. The number of nitrogens with one attached hydrogen (secondary N) is 2. The van der Waals surface area contributed by atoms with Crippen LogP contribution in [0.2, 0.25) is 5.02 Å². The third kappa shape index (κ3) is 4.44. The number of anilines is 2. The fourth-order valence-electron chi connectivity index (χ4n) is 1.66. The molecule has 0 fully saturated rings. The largest absolute Gasteiger partial charge is 0.323 e. The van der Waals surface area contributed by atoms with Crippen LogP contribution in [0.3, 0.4) is 0 Å². The second kappa shape index (κ2) is 6.91. The van der Waals surface area contributed by atoms with E-state index in [4.69, 9.17) is 11.6 Å². The maximum absolute atomic E-state index is 11.9. The number of halogens is 2. The molecule has 0 bridgehead atoms. The lowest BCUT2D eigenvalue weighted by Gasteiger charge is -2.09. The molecule has 6 heteroatoms. The first-order valence-electron chi connectivity index (χ1n) is 6.10. The summed E-state index contributed by atoms with van der Waals surface area (Å²) in [6.45, 7) is 1.50. The van der Waals surface area contributed by atoms with E-state index in [-0.39, 0.29) is 11.8 Å². The summed E-state index contributed by atoms with van der Waals surface area (Å²) in [7, 11) is 0. The first-order valence-corrected chi connectivity index (χ1v) is 7.55. The molecule has 21 heavy (non-hydrogen) atoms. The van der Waals surface area contributed by atoms with Gasteiger partial charge in [-0.05, 0) is 72.0 Å². The Kier molecular flexibility index (Phi) is 5.19. The van der Waals surface area contributed by atoms with Gasteiger partial charge in [0.1, 0.15) is 0 Å². The molecular formula is C15H12ClIN2O2. The fraction of sp³-hybridized carbons (Fsp3) is 0.0667. The number of ketones is 1. The van der Waals surface area contributed by atoms with Crippen molar-refractivity contribution in [1.29, 1.82) is 0 Å². The summed E-state index contributed by atoms with van der Waals surface area (Å²) >= 11 is 7.96. The van der Waals surface area contributed by atoms with E-state index in [0.717, 1.165) is 3.57 Å². The van der Waals surface area contributed by atoms with Crippen LogP contribution in [-0.2, 0) is 0 Å². The van der Waals surface area contributed by atoms with Crippen molar-refractivity contribution in [3.63, 3.8) is 0 Å². The van der Waals surface area contributed by atoms with Gasteiger partial charge in [0.25, 0.3) is 0 Å². The summed E-state index contributed by atoms with van der Waals surface area (Å²) < 4.78 is 0.849. The summed E-state index contributed by atoms with van der Waals surface area (Å²) in [6, 6.07) is 11.6. The van der Waals surface area contributed by atoms with Gasteiger partial charge in [0.15, 0.2) is 5.78 Å². The Morgan fingerprint density at radius 3 is 2.29 bits per heavy atom. The van der Waals surface area contributed by atoms with Gasteiger partial charge in [-0.3, -0.25) is 4.79 Å². The minimum atomic E-state index is -0.356. The second-order valence-electron chi connectivity index (χ2n) is 4.34. The van der Waals surface area contributed by atoms with Crippen LogP contribution in [0.25, 0.3) is 0 Å². The van der Waals surface area contributed by atoms with Crippen LogP contribution in [-0.4, -0.2) is 11.8 Å². The SMILES string of the molecule is CC(=O)c1ccc(NC(=O)Nc2ccc(Cl)cc2I)cc1. The van der Waals surface area contributed by atoms with Crippen molar-refractivity contribution in [3.8, 4) is 0 Å². The molecule has 2 N–H and O–H groups in total. The summed E-state index contributed by atoms with van der Waals surface area (Å²) in [6.07, 6.45) is 0. The van der Waals surface area contributed by atoms with Crippen LogP contribution in [0.15, 0.2) is 42.5 Å². The molecule has 0 saturated carbocycles. The van der Waals surface area contributed by atoms with Crippen LogP contribution in [0.1, 0.15) is 17.3 Å². The molecule has 0 saturated heterocycles. The molecule has 108 valence electrons. The highest BCUT2D eigenvalue weighted by Crippen LogP contribution is 2.22. The normalized spacial score (nSPS) is 10.0. The number of carbonyl (C=O) groups is 2. The van der Waals surface area contributed by atoms with Crippen molar-refractivity contribution in [2.24, 2.45) is 0 Å². The molecule has 0 unspecified atom stereocenters. The molecule has 2 aromatic carbocycles. The zero-order valence-corrected chi connectivity index (χ0v) is 14.0. The van der Waals surface area contributed by atoms with Gasteiger partial charge in [-0.2, -0.15) is 0 Å². The summed E-state index contributed by atoms with van der Waals surface area (Å²) in [5.41, 5.74) is 1.90. The average Bonchev–Trinajstić information content (AvgIpc) is 2.42. The fourth-order valence-corrected chi connectivity index (χ4v) is 2.67. The smallest absolute Gasteiger partial charge is 0.308 e. The van der Waals surface area contributed by atoms with E-state index >= 15 is 0 Å². The molecule has 0 atom stereocenters. The van der Waals surface area contributed by atoms with E-state index in [0.29, 0.717) is 22.0 Å². The van der Waals surface area contributed by atoms with Crippen LogP contribution in [0.4, 0.5) is 16.2 Å². The quantitative estimate of drug-likeness (QED) is 0.560. The van der Waals surface area contributed by atoms with Crippen LogP contribution >= 0.6 is 34.2 Å². The van der Waals surface area contributed by atoms with Crippen LogP contribution in [0, 0.1) is 3.57 Å². The predicted octanol–water partition coefficient (Wildman–Crippen LogP) is 4.79. The molecule has 0 heterocycles. The third-order valence-corrected chi connectivity index (χ3v) is 3.86. The highest BCUT2D eigenvalue weighted by molar-refractivity contribution is 14.1. The minimum absolute atomic E-state index is 0.0123. The molecule has 2 rings (SSSR count). The van der Waals surface area contributed by atoms with Gasteiger partial charge >= 0.3 is 6.03 Å². The van der Waals surface area contributed by atoms with Crippen LogP contribution < -0.4 is 10.6 Å². The van der Waals surface area contributed by atoms with E-state index in [1.54, 1.807) is 42.5 Å². The van der Waals surface area contributed by atoms with Crippen molar-refractivity contribution in [3.05, 3.63) is 56.6 Å². The molecule has 2 amide bonds. The number of urea groups is 1. The number of amides is 2. The molecule has 2 aromatic rings. The Bertz CT molecular complexity index is 687. The molecule has 0 aliphatic heterocycles. The monoisotopic (exact) mass is 414 g/mol. The topological polar surface area (TPSA) is 58.2 Å². The van der Waals surface area contributed by atoms with Gasteiger partial charge in [0.05, 0.1) is 5.69 Å². The molecular weight excluding hydrogens is 403 g/mol. The highest BCUT2D eigenvalue weighted by Gasteiger charge is 2.06. The Balaban J connectivity index is 2.02. The number of Topliss-reactive ketones (excluding diaryl/α,β-unsaturated/α-hetero) is 1. The number of benzene rings is 2. The average molecular weight is 415 g/mol. The van der Waals surface area contributed by atoms with Gasteiger partial charge in [-0.1, -0.05) is 11.6 Å². The summed E-state index contributed by atoms with van der Waals surface area (Å²) in [5.74, 6) is -0.0123. The summed E-state index contributed by atoms with van der Waals surface area (Å²) in [5, 5.41) is 6.06. The van der Waals surface area contributed by atoms with Gasteiger partial charge in [-0.15, -0.1) is 0 Å². The van der Waals surface area contributed by atoms with Gasteiger partial charge in [0.2, 0.25) is 0 Å². The zero-order valence-electron chi connectivity index (χ0n) is 11.1. The lowest BCUT2D eigenvalue weighted by molar-refractivity contribution is 0.101. The number of hydrogen-bond acceptors (Lipinski definition) is 2. The van der Waals surface area contributed by atoms with Crippen molar-refractivity contribution >= 4 is 57.4 Å². The van der Waals surface area contributed by atoms with Crippen LogP contribution in [0.5, 0.6) is 0 Å². The maximum atomic E-state index is 11.9. The second-order valence-corrected chi connectivity index (χ2v) is 5.94. The Morgan fingerprint density at radius 1 is 1.05 bits per heavy atom. The molecule has 0 aromatic heterocycles. The number of rotatable bonds is 3. The Morgan fingerprint density at radius 2 is 1.71 bits per heavy atom. The Hall–Kier alpha value is -1.60. The molecule has 0 aliphatic carbocycles. The highest BCUT2D eigenvalue weighted by atomic mass is 127. The number of hydrogen-bond donors (Lipinski definition) is 2. The summed E-state index contributed by atoms with van der Waals surface area (Å²) in [4.78, 5) is 23.1. The Labute approximate surface area is 141 Å². The predicted molar refractivity (Wildman–Crippen MR) is 93.3 cm³/mol. The van der Waals surface area contributed by atoms with E-state index in [1.165, 1.54) is 6.92 Å². The van der Waals surface area contributed by atoms with E-state index in [2.05, 4.69) is 33.2 Å². The van der Waals surface area contributed by atoms with Gasteiger partial charge in [0, 0.05) is 19.8 Å². The van der Waals surface area contributed by atoms with Crippen molar-refractivity contribution < 1.29 is 9.59 Å². The number of carbonyl (C=O) groups excluding carboxylic acids is 2. The minimum Gasteiger partial charge on any atom is -0.308 e. The van der Waals surface area contributed by atoms with E-state index in [9.17, 15) is 9.59 Å². The first kappa shape index (κ1) is 15.8. The van der Waals surface area contributed by atoms with E-state index in [1.807, 2.05) is 0 Å². The van der Waals surface area contributed by atoms with Gasteiger partial charge in [-0.25, -0.2) is 4.79 Å². The first-order chi connectivity index (χ1) is 9.95. The molecule has 0 spiro atoms. The van der Waals surface area contributed by atoms with Crippen molar-refractivity contribution in [2.75, 3.05) is 10.6 Å².